The van der Waals surface area contributed by atoms with Gasteiger partial charge in [0, 0.05) is 0 Å². The molecule has 10 nitrogen and oxygen atoms in total. The van der Waals surface area contributed by atoms with Crippen molar-refractivity contribution in [1.29, 1.82) is 0 Å². The van der Waals surface area contributed by atoms with Crippen molar-refractivity contribution < 1.29 is 14.9 Å². The standard InChI is InChI=1S/C2H2N6O4/c9-2(10)7-1(3-5-6-7)4-8(11)12/h(H,9,10)(H,3,4,6). The van der Waals surface area contributed by atoms with E-state index >= 15 is 0 Å². The minimum Gasteiger partial charge on any atom is -0.463 e. The Morgan fingerprint density at radius 3 is 2.92 bits per heavy atom. The molecule has 0 fully saturated rings. The zero-order valence-electron chi connectivity index (χ0n) is 5.41. The zero-order valence-corrected chi connectivity index (χ0v) is 5.41. The topological polar surface area (TPSA) is 136 Å². The third-order valence-electron chi connectivity index (χ3n) is 0.842. The van der Waals surface area contributed by atoms with Crippen LogP contribution in [0.3, 0.4) is 0 Å². The van der Waals surface area contributed by atoms with E-state index in [1.54, 1.807) is 0 Å². The lowest BCUT2D eigenvalue weighted by atomic mass is 11.0. The molecule has 0 aliphatic carbocycles. The molecule has 12 heavy (non-hydrogen) atoms. The van der Waals surface area contributed by atoms with Gasteiger partial charge in [-0.25, -0.2) is 14.9 Å². The molecule has 0 unspecified atom stereocenters. The summed E-state index contributed by atoms with van der Waals surface area (Å²) in [5.74, 6) is -0.562. The summed E-state index contributed by atoms with van der Waals surface area (Å²) in [5, 5.41) is 26.1. The molecular formula is C2H2N6O4. The van der Waals surface area contributed by atoms with Crippen molar-refractivity contribution in [3.63, 3.8) is 0 Å². The van der Waals surface area contributed by atoms with Gasteiger partial charge in [0.15, 0.2) is 5.03 Å². The summed E-state index contributed by atoms with van der Waals surface area (Å²) in [6.07, 6.45) is -1.51. The van der Waals surface area contributed by atoms with E-state index in [0.29, 0.717) is 0 Å². The predicted molar refractivity (Wildman–Crippen MR) is 31.9 cm³/mol. The van der Waals surface area contributed by atoms with Gasteiger partial charge in [0.05, 0.1) is 0 Å². The first-order valence-corrected chi connectivity index (χ1v) is 2.54. The Balaban J connectivity index is 2.91. The van der Waals surface area contributed by atoms with E-state index in [1.165, 1.54) is 5.43 Å². The highest BCUT2D eigenvalue weighted by atomic mass is 16.7. The Morgan fingerprint density at radius 1 is 1.75 bits per heavy atom. The maximum Gasteiger partial charge on any atom is 0.437 e. The van der Waals surface area contributed by atoms with Gasteiger partial charge < -0.3 is 5.11 Å². The first-order chi connectivity index (χ1) is 5.61. The first-order valence-electron chi connectivity index (χ1n) is 2.54. The molecule has 0 amide bonds. The molecule has 0 saturated heterocycles. The molecule has 0 aliphatic rings. The van der Waals surface area contributed by atoms with Crippen LogP contribution in [0.2, 0.25) is 0 Å². The number of tetrazole rings is 1. The van der Waals surface area contributed by atoms with E-state index in [2.05, 4.69) is 15.5 Å². The van der Waals surface area contributed by atoms with Crippen molar-refractivity contribution in [2.45, 2.75) is 0 Å². The molecule has 1 aromatic heterocycles. The van der Waals surface area contributed by atoms with Crippen LogP contribution in [0.25, 0.3) is 0 Å². The number of carbonyl (C=O) groups is 1. The van der Waals surface area contributed by atoms with Crippen LogP contribution in [0, 0.1) is 10.1 Å². The molecule has 2 N–H and O–H groups in total. The second kappa shape index (κ2) is 2.77. The fourth-order valence-electron chi connectivity index (χ4n) is 0.467. The van der Waals surface area contributed by atoms with Gasteiger partial charge in [0.1, 0.15) is 0 Å². The molecule has 0 aliphatic heterocycles. The summed E-state index contributed by atoms with van der Waals surface area (Å²) in [6.45, 7) is 0. The fourth-order valence-corrected chi connectivity index (χ4v) is 0.467. The van der Waals surface area contributed by atoms with Crippen molar-refractivity contribution in [3.05, 3.63) is 10.1 Å². The van der Waals surface area contributed by atoms with Crippen molar-refractivity contribution in [2.75, 3.05) is 5.43 Å². The number of hydrazine groups is 1. The van der Waals surface area contributed by atoms with Crippen LogP contribution in [0.1, 0.15) is 0 Å². The van der Waals surface area contributed by atoms with E-state index in [0.717, 1.165) is 0 Å². The Morgan fingerprint density at radius 2 is 2.42 bits per heavy atom. The lowest BCUT2D eigenvalue weighted by Gasteiger charge is -1.92. The number of anilines is 1. The van der Waals surface area contributed by atoms with Crippen LogP contribution in [-0.2, 0) is 0 Å². The lowest BCUT2D eigenvalue weighted by Crippen LogP contribution is -2.18. The second-order valence-electron chi connectivity index (χ2n) is 1.57. The molecule has 0 bridgehead atoms. The van der Waals surface area contributed by atoms with Crippen molar-refractivity contribution in [3.8, 4) is 0 Å². The fraction of sp³-hybridized carbons (Fsp3) is 0. The van der Waals surface area contributed by atoms with Crippen LogP contribution < -0.4 is 5.43 Å². The number of hydrogen-bond donors (Lipinski definition) is 2. The molecular weight excluding hydrogens is 172 g/mol. The number of rotatable bonds is 2. The molecule has 1 rings (SSSR count). The van der Waals surface area contributed by atoms with Crippen LogP contribution in [0.4, 0.5) is 10.7 Å². The van der Waals surface area contributed by atoms with E-state index < -0.39 is 17.1 Å². The quantitative estimate of drug-likeness (QED) is 0.324. The van der Waals surface area contributed by atoms with Crippen LogP contribution in [-0.4, -0.2) is 36.4 Å². The number of aromatic nitrogens is 4. The summed E-state index contributed by atoms with van der Waals surface area (Å²) in [6, 6.07) is 0. The van der Waals surface area contributed by atoms with E-state index in [9.17, 15) is 14.9 Å². The van der Waals surface area contributed by atoms with Crippen LogP contribution >= 0.6 is 0 Å². The van der Waals surface area contributed by atoms with Gasteiger partial charge >= 0.3 is 12.0 Å². The lowest BCUT2D eigenvalue weighted by molar-refractivity contribution is -0.446. The first kappa shape index (κ1) is 7.84. The summed E-state index contributed by atoms with van der Waals surface area (Å²) in [5.41, 5.74) is 1.50. The molecule has 10 heteroatoms. The van der Waals surface area contributed by atoms with Crippen molar-refractivity contribution in [2.24, 2.45) is 0 Å². The highest BCUT2D eigenvalue weighted by Gasteiger charge is 2.15. The van der Waals surface area contributed by atoms with E-state index in [-0.39, 0.29) is 4.68 Å². The smallest absolute Gasteiger partial charge is 0.437 e. The SMILES string of the molecule is O=C(O)n1nnnc1N[N+](=O)[O-]. The third kappa shape index (κ3) is 1.42. The number of nitrogens with one attached hydrogen (secondary N) is 1. The summed E-state index contributed by atoms with van der Waals surface area (Å²) >= 11 is 0. The summed E-state index contributed by atoms with van der Waals surface area (Å²) < 4.78 is 0.239. The van der Waals surface area contributed by atoms with Crippen LogP contribution in [0.15, 0.2) is 0 Å². The number of carboxylic acid groups (broad SMARTS) is 1. The average Bonchev–Trinajstić information content (AvgIpc) is 2.33. The third-order valence-corrected chi connectivity index (χ3v) is 0.842. The number of nitrogens with zero attached hydrogens (tertiary/aromatic N) is 5. The van der Waals surface area contributed by atoms with Crippen molar-refractivity contribution in [1.82, 2.24) is 20.2 Å². The minimum absolute atomic E-state index is 0.239. The van der Waals surface area contributed by atoms with Gasteiger partial charge in [-0.05, 0) is 10.4 Å². The van der Waals surface area contributed by atoms with Crippen LogP contribution in [0.5, 0.6) is 0 Å². The summed E-state index contributed by atoms with van der Waals surface area (Å²) in [4.78, 5) is 20.1. The second-order valence-corrected chi connectivity index (χ2v) is 1.57. The average molecular weight is 174 g/mol. The van der Waals surface area contributed by atoms with Gasteiger partial charge in [-0.15, -0.1) is 4.68 Å². The summed E-state index contributed by atoms with van der Waals surface area (Å²) in [7, 11) is 0. The molecule has 0 radical (unpaired) electrons. The highest BCUT2D eigenvalue weighted by molar-refractivity contribution is 5.69. The maximum absolute atomic E-state index is 10.2. The minimum atomic E-state index is -1.51. The number of hydrogen-bond acceptors (Lipinski definition) is 6. The van der Waals surface area contributed by atoms with Gasteiger partial charge in [-0.3, -0.25) is 0 Å². The molecule has 0 aromatic carbocycles. The van der Waals surface area contributed by atoms with Gasteiger partial charge in [0.25, 0.3) is 0 Å². The number of nitro groups is 1. The maximum atomic E-state index is 10.2. The van der Waals surface area contributed by atoms with Gasteiger partial charge in [-0.2, -0.15) is 0 Å². The monoisotopic (exact) mass is 174 g/mol. The molecule has 1 aromatic rings. The molecule has 64 valence electrons. The Hall–Kier alpha value is -2.26. The Kier molecular flexibility index (Phi) is 1.81. The van der Waals surface area contributed by atoms with E-state index in [1.807, 2.05) is 0 Å². The Labute approximate surface area is 63.9 Å². The predicted octanol–water partition coefficient (Wildman–Crippen LogP) is -1.20. The molecule has 0 saturated carbocycles. The normalized spacial score (nSPS) is 9.33. The van der Waals surface area contributed by atoms with Crippen molar-refractivity contribution >= 4 is 12.0 Å². The Bertz CT molecular complexity index is 317. The van der Waals surface area contributed by atoms with Gasteiger partial charge in [0.2, 0.25) is 0 Å². The molecule has 1 heterocycles. The van der Waals surface area contributed by atoms with Gasteiger partial charge in [-0.1, -0.05) is 10.5 Å². The van der Waals surface area contributed by atoms with E-state index in [4.69, 9.17) is 5.11 Å². The zero-order chi connectivity index (χ0) is 9.14. The highest BCUT2D eigenvalue weighted by Crippen LogP contribution is 1.96. The molecule has 0 atom stereocenters. The molecule has 0 spiro atoms. The largest absolute Gasteiger partial charge is 0.463 e.